The van der Waals surface area contributed by atoms with Gasteiger partial charge in [-0.25, -0.2) is 0 Å². The van der Waals surface area contributed by atoms with E-state index < -0.39 is 0 Å². The Morgan fingerprint density at radius 1 is 1.71 bits per heavy atom. The van der Waals surface area contributed by atoms with Crippen molar-refractivity contribution in [1.29, 1.82) is 0 Å². The molecule has 5 heteroatoms. The van der Waals surface area contributed by atoms with Gasteiger partial charge >= 0.3 is 0 Å². The van der Waals surface area contributed by atoms with Gasteiger partial charge < -0.3 is 10.6 Å². The van der Waals surface area contributed by atoms with Crippen molar-refractivity contribution in [2.45, 2.75) is 26.7 Å². The average molecular weight is 236 g/mol. The molecular weight excluding hydrogens is 216 g/mol. The van der Waals surface area contributed by atoms with Crippen molar-refractivity contribution >= 4 is 11.6 Å². The molecule has 0 radical (unpaired) electrons. The van der Waals surface area contributed by atoms with E-state index in [0.29, 0.717) is 0 Å². The van der Waals surface area contributed by atoms with Crippen molar-refractivity contribution in [1.82, 2.24) is 15.1 Å². The SMILES string of the molecule is CCC1(C(=O)Nc2cn(C)nc2C)CCNC1. The molecule has 0 saturated carbocycles. The van der Waals surface area contributed by atoms with Gasteiger partial charge in [-0.05, 0) is 26.3 Å². The number of carbonyl (C=O) groups excluding carboxylic acids is 1. The lowest BCUT2D eigenvalue weighted by molar-refractivity contribution is -0.124. The lowest BCUT2D eigenvalue weighted by atomic mass is 9.83. The molecule has 1 atom stereocenters. The van der Waals surface area contributed by atoms with Gasteiger partial charge in [0, 0.05) is 19.8 Å². The molecule has 94 valence electrons. The molecule has 17 heavy (non-hydrogen) atoms. The van der Waals surface area contributed by atoms with Crippen molar-refractivity contribution in [3.05, 3.63) is 11.9 Å². The molecule has 5 nitrogen and oxygen atoms in total. The summed E-state index contributed by atoms with van der Waals surface area (Å²) in [5.74, 6) is 0.112. The highest BCUT2D eigenvalue weighted by molar-refractivity contribution is 5.96. The monoisotopic (exact) mass is 236 g/mol. The third-order valence-electron chi connectivity index (χ3n) is 3.66. The molecule has 1 aromatic rings. The second-order valence-electron chi connectivity index (χ2n) is 4.82. The second kappa shape index (κ2) is 4.49. The lowest BCUT2D eigenvalue weighted by Crippen LogP contribution is -2.37. The van der Waals surface area contributed by atoms with E-state index in [-0.39, 0.29) is 11.3 Å². The molecular formula is C12H20N4O. The van der Waals surface area contributed by atoms with E-state index in [0.717, 1.165) is 37.3 Å². The quantitative estimate of drug-likeness (QED) is 0.825. The Bertz CT molecular complexity index is 418. The first kappa shape index (κ1) is 12.1. The minimum absolute atomic E-state index is 0.112. The molecule has 0 aromatic carbocycles. The van der Waals surface area contributed by atoms with Crippen LogP contribution in [0, 0.1) is 12.3 Å². The van der Waals surface area contributed by atoms with Crippen LogP contribution in [0.3, 0.4) is 0 Å². The third kappa shape index (κ3) is 2.20. The summed E-state index contributed by atoms with van der Waals surface area (Å²) < 4.78 is 1.72. The van der Waals surface area contributed by atoms with Crippen LogP contribution in [0.15, 0.2) is 6.20 Å². The number of aryl methyl sites for hydroxylation is 2. The van der Waals surface area contributed by atoms with Crippen LogP contribution in [0.5, 0.6) is 0 Å². The molecule has 1 saturated heterocycles. The maximum atomic E-state index is 12.3. The van der Waals surface area contributed by atoms with Crippen molar-refractivity contribution < 1.29 is 4.79 Å². The van der Waals surface area contributed by atoms with Crippen LogP contribution in [0.2, 0.25) is 0 Å². The van der Waals surface area contributed by atoms with Crippen molar-refractivity contribution in [2.75, 3.05) is 18.4 Å². The van der Waals surface area contributed by atoms with Crippen molar-refractivity contribution in [3.8, 4) is 0 Å². The largest absolute Gasteiger partial charge is 0.323 e. The Kier molecular flexibility index (Phi) is 3.19. The number of rotatable bonds is 3. The van der Waals surface area contributed by atoms with Crippen LogP contribution >= 0.6 is 0 Å². The van der Waals surface area contributed by atoms with E-state index in [1.54, 1.807) is 4.68 Å². The highest BCUT2D eigenvalue weighted by Gasteiger charge is 2.39. The van der Waals surface area contributed by atoms with E-state index >= 15 is 0 Å². The van der Waals surface area contributed by atoms with E-state index in [4.69, 9.17) is 0 Å². The molecule has 1 aliphatic rings. The minimum atomic E-state index is -0.248. The van der Waals surface area contributed by atoms with E-state index in [2.05, 4.69) is 22.7 Å². The Morgan fingerprint density at radius 3 is 2.94 bits per heavy atom. The first-order valence-corrected chi connectivity index (χ1v) is 6.10. The summed E-state index contributed by atoms with van der Waals surface area (Å²) in [4.78, 5) is 12.3. The molecule has 1 aliphatic heterocycles. The molecule has 2 heterocycles. The minimum Gasteiger partial charge on any atom is -0.323 e. The van der Waals surface area contributed by atoms with Crippen LogP contribution < -0.4 is 10.6 Å². The molecule has 0 spiro atoms. The smallest absolute Gasteiger partial charge is 0.232 e. The van der Waals surface area contributed by atoms with Crippen LogP contribution in [0.25, 0.3) is 0 Å². The van der Waals surface area contributed by atoms with Crippen LogP contribution in [0.4, 0.5) is 5.69 Å². The number of hydrogen-bond donors (Lipinski definition) is 2. The Balaban J connectivity index is 2.13. The van der Waals surface area contributed by atoms with Gasteiger partial charge in [-0.1, -0.05) is 6.92 Å². The molecule has 1 aromatic heterocycles. The highest BCUT2D eigenvalue weighted by atomic mass is 16.2. The van der Waals surface area contributed by atoms with Gasteiger partial charge in [0.25, 0.3) is 0 Å². The fourth-order valence-electron chi connectivity index (χ4n) is 2.38. The number of aromatic nitrogens is 2. The topological polar surface area (TPSA) is 59.0 Å². The second-order valence-corrected chi connectivity index (χ2v) is 4.82. The molecule has 1 fully saturated rings. The molecule has 2 rings (SSSR count). The first-order chi connectivity index (χ1) is 8.07. The zero-order chi connectivity index (χ0) is 12.5. The van der Waals surface area contributed by atoms with Crippen molar-refractivity contribution in [2.24, 2.45) is 12.5 Å². The molecule has 2 N–H and O–H groups in total. The van der Waals surface area contributed by atoms with Crippen LogP contribution in [-0.4, -0.2) is 28.8 Å². The molecule has 0 bridgehead atoms. The predicted molar refractivity (Wildman–Crippen MR) is 66.8 cm³/mol. The standard InChI is InChI=1S/C12H20N4O/c1-4-12(5-6-13-8-12)11(17)14-10-7-16(3)15-9(10)2/h7,13H,4-6,8H2,1-3H3,(H,14,17). The van der Waals surface area contributed by atoms with Gasteiger partial charge in [0.05, 0.1) is 16.8 Å². The van der Waals surface area contributed by atoms with Gasteiger partial charge in [0.15, 0.2) is 0 Å². The molecule has 0 aliphatic carbocycles. The first-order valence-electron chi connectivity index (χ1n) is 6.10. The van der Waals surface area contributed by atoms with E-state index in [1.807, 2.05) is 20.2 Å². The lowest BCUT2D eigenvalue weighted by Gasteiger charge is -2.24. The summed E-state index contributed by atoms with van der Waals surface area (Å²) in [6.07, 6.45) is 3.62. The zero-order valence-electron chi connectivity index (χ0n) is 10.7. The fraction of sp³-hybridized carbons (Fsp3) is 0.667. The fourth-order valence-corrected chi connectivity index (χ4v) is 2.38. The summed E-state index contributed by atoms with van der Waals surface area (Å²) >= 11 is 0. The number of hydrogen-bond acceptors (Lipinski definition) is 3. The number of nitrogens with one attached hydrogen (secondary N) is 2. The van der Waals surface area contributed by atoms with E-state index in [9.17, 15) is 4.79 Å². The highest BCUT2D eigenvalue weighted by Crippen LogP contribution is 2.31. The Labute approximate surface area is 102 Å². The number of amides is 1. The van der Waals surface area contributed by atoms with Gasteiger partial charge in [0.1, 0.15) is 0 Å². The molecule has 1 unspecified atom stereocenters. The Morgan fingerprint density at radius 2 is 2.47 bits per heavy atom. The summed E-state index contributed by atoms with van der Waals surface area (Å²) in [5.41, 5.74) is 1.43. The van der Waals surface area contributed by atoms with Gasteiger partial charge in [-0.3, -0.25) is 9.48 Å². The van der Waals surface area contributed by atoms with Gasteiger partial charge in [-0.15, -0.1) is 0 Å². The van der Waals surface area contributed by atoms with E-state index in [1.165, 1.54) is 0 Å². The number of carbonyl (C=O) groups is 1. The summed E-state index contributed by atoms with van der Waals surface area (Å²) in [6, 6.07) is 0. The van der Waals surface area contributed by atoms with Gasteiger partial charge in [-0.2, -0.15) is 5.10 Å². The normalized spacial score (nSPS) is 23.9. The van der Waals surface area contributed by atoms with Crippen molar-refractivity contribution in [3.63, 3.8) is 0 Å². The maximum absolute atomic E-state index is 12.3. The summed E-state index contributed by atoms with van der Waals surface area (Å²) in [5, 5.41) is 10.5. The van der Waals surface area contributed by atoms with Crippen LogP contribution in [-0.2, 0) is 11.8 Å². The summed E-state index contributed by atoms with van der Waals surface area (Å²) in [6.45, 7) is 5.67. The predicted octanol–water partition coefficient (Wildman–Crippen LogP) is 1.06. The summed E-state index contributed by atoms with van der Waals surface area (Å²) in [7, 11) is 1.86. The zero-order valence-corrected chi connectivity index (χ0v) is 10.7. The molecule has 1 amide bonds. The average Bonchev–Trinajstić information content (AvgIpc) is 2.87. The van der Waals surface area contributed by atoms with Gasteiger partial charge in [0.2, 0.25) is 5.91 Å². The maximum Gasteiger partial charge on any atom is 0.232 e. The van der Waals surface area contributed by atoms with Crippen LogP contribution in [0.1, 0.15) is 25.5 Å². The third-order valence-corrected chi connectivity index (χ3v) is 3.66. The number of nitrogens with zero attached hydrogens (tertiary/aromatic N) is 2. The number of anilines is 1. The Hall–Kier alpha value is -1.36.